The molecule has 4 rings (SSSR count). The zero-order chi connectivity index (χ0) is 23.0. The van der Waals surface area contributed by atoms with E-state index in [-0.39, 0.29) is 11.3 Å². The lowest BCUT2D eigenvalue weighted by Gasteiger charge is -2.24. The molecule has 1 aliphatic heterocycles. The van der Waals surface area contributed by atoms with Gasteiger partial charge in [-0.05, 0) is 30.7 Å². The van der Waals surface area contributed by atoms with Gasteiger partial charge in [-0.25, -0.2) is 0 Å². The molecule has 2 aromatic carbocycles. The van der Waals surface area contributed by atoms with Crippen LogP contribution in [0.15, 0.2) is 54.2 Å². The standard InChI is InChI=1S/C25H26N2O5/c1-5-12-27-22(18-14-26(2)19-9-7-6-8-16(18)19)21(24(29)25(27)30)23(28)17-13-15(31-3)10-11-20(17)32-4/h6-11,13-14,22,28H,5,12H2,1-4H3/b23-21+. The van der Waals surface area contributed by atoms with Crippen molar-refractivity contribution in [2.24, 2.45) is 7.05 Å². The van der Waals surface area contributed by atoms with Crippen molar-refractivity contribution in [2.75, 3.05) is 20.8 Å². The van der Waals surface area contributed by atoms with Gasteiger partial charge in [0.05, 0.1) is 31.4 Å². The smallest absolute Gasteiger partial charge is 0.295 e. The molecular formula is C25H26N2O5. The van der Waals surface area contributed by atoms with Gasteiger partial charge in [-0.15, -0.1) is 0 Å². The number of methoxy groups -OCH3 is 2. The normalized spacial score (nSPS) is 17.9. The maximum Gasteiger partial charge on any atom is 0.295 e. The summed E-state index contributed by atoms with van der Waals surface area (Å²) in [4.78, 5) is 27.8. The van der Waals surface area contributed by atoms with Crippen LogP contribution < -0.4 is 9.47 Å². The van der Waals surface area contributed by atoms with Crippen LogP contribution in [0.5, 0.6) is 11.5 Å². The molecule has 1 atom stereocenters. The van der Waals surface area contributed by atoms with Crippen molar-refractivity contribution in [2.45, 2.75) is 19.4 Å². The Balaban J connectivity index is 2.01. The largest absolute Gasteiger partial charge is 0.507 e. The first kappa shape index (κ1) is 21.5. The summed E-state index contributed by atoms with van der Waals surface area (Å²) in [5, 5.41) is 12.3. The molecule has 0 spiro atoms. The summed E-state index contributed by atoms with van der Waals surface area (Å²) in [6.45, 7) is 2.34. The maximum atomic E-state index is 13.2. The molecule has 3 aromatic rings. The van der Waals surface area contributed by atoms with Crippen LogP contribution in [0.2, 0.25) is 0 Å². The molecule has 0 bridgehead atoms. The van der Waals surface area contributed by atoms with Crippen molar-refractivity contribution in [3.63, 3.8) is 0 Å². The molecule has 2 heterocycles. The fourth-order valence-corrected chi connectivity index (χ4v) is 4.41. The Morgan fingerprint density at radius 3 is 2.53 bits per heavy atom. The first-order chi connectivity index (χ1) is 15.4. The molecular weight excluding hydrogens is 408 g/mol. The lowest BCUT2D eigenvalue weighted by molar-refractivity contribution is -0.139. The van der Waals surface area contributed by atoms with Gasteiger partial charge in [-0.3, -0.25) is 9.59 Å². The Bertz CT molecular complexity index is 1240. The molecule has 1 fully saturated rings. The van der Waals surface area contributed by atoms with Crippen molar-refractivity contribution < 1.29 is 24.2 Å². The van der Waals surface area contributed by atoms with E-state index in [4.69, 9.17) is 9.47 Å². The fraction of sp³-hybridized carbons (Fsp3) is 0.280. The number of amides is 1. The highest BCUT2D eigenvalue weighted by atomic mass is 16.5. The molecule has 0 radical (unpaired) electrons. The molecule has 166 valence electrons. The number of aryl methyl sites for hydroxylation is 1. The predicted molar refractivity (Wildman–Crippen MR) is 122 cm³/mol. The zero-order valence-corrected chi connectivity index (χ0v) is 18.6. The van der Waals surface area contributed by atoms with Crippen LogP contribution in [0.4, 0.5) is 0 Å². The number of Topliss-reactive ketones (excluding diaryl/α,β-unsaturated/α-hetero) is 1. The minimum absolute atomic E-state index is 0.0476. The van der Waals surface area contributed by atoms with E-state index in [1.165, 1.54) is 14.2 Å². The number of hydrogen-bond donors (Lipinski definition) is 1. The Hall–Kier alpha value is -3.74. The van der Waals surface area contributed by atoms with Gasteiger partial charge in [0, 0.05) is 36.3 Å². The minimum Gasteiger partial charge on any atom is -0.507 e. The van der Waals surface area contributed by atoms with Crippen molar-refractivity contribution in [3.05, 3.63) is 65.4 Å². The number of fused-ring (bicyclic) bond motifs is 1. The molecule has 7 nitrogen and oxygen atoms in total. The van der Waals surface area contributed by atoms with Gasteiger partial charge >= 0.3 is 0 Å². The highest BCUT2D eigenvalue weighted by Gasteiger charge is 2.46. The highest BCUT2D eigenvalue weighted by Crippen LogP contribution is 2.43. The third-order valence-corrected chi connectivity index (χ3v) is 5.89. The molecule has 0 aliphatic carbocycles. The zero-order valence-electron chi connectivity index (χ0n) is 18.6. The van der Waals surface area contributed by atoms with Gasteiger partial charge in [-0.2, -0.15) is 0 Å². The summed E-state index contributed by atoms with van der Waals surface area (Å²) in [5.41, 5.74) is 2.11. The quantitative estimate of drug-likeness (QED) is 0.360. The average Bonchev–Trinajstić information content (AvgIpc) is 3.27. The summed E-state index contributed by atoms with van der Waals surface area (Å²) in [6.07, 6.45) is 2.59. The Kier molecular flexibility index (Phi) is 5.65. The number of nitrogens with zero attached hydrogens (tertiary/aromatic N) is 2. The van der Waals surface area contributed by atoms with E-state index in [9.17, 15) is 14.7 Å². The number of hydrogen-bond acceptors (Lipinski definition) is 5. The van der Waals surface area contributed by atoms with Crippen molar-refractivity contribution in [1.29, 1.82) is 0 Å². The SMILES string of the molecule is CCCN1C(=O)C(=O)/C(=C(/O)c2cc(OC)ccc2OC)C1c1cn(C)c2ccccc12. The number of para-hydroxylation sites is 1. The molecule has 1 unspecified atom stereocenters. The van der Waals surface area contributed by atoms with E-state index in [2.05, 4.69) is 0 Å². The first-order valence-electron chi connectivity index (χ1n) is 10.5. The lowest BCUT2D eigenvalue weighted by Crippen LogP contribution is -2.30. The van der Waals surface area contributed by atoms with Crippen LogP contribution in [-0.2, 0) is 16.6 Å². The molecule has 1 amide bonds. The summed E-state index contributed by atoms with van der Waals surface area (Å²) in [5.74, 6) is -0.735. The van der Waals surface area contributed by atoms with Crippen LogP contribution >= 0.6 is 0 Å². The minimum atomic E-state index is -0.711. The van der Waals surface area contributed by atoms with Crippen molar-refractivity contribution >= 4 is 28.4 Å². The number of aromatic nitrogens is 1. The number of ether oxygens (including phenoxy) is 2. The maximum absolute atomic E-state index is 13.2. The van der Waals surface area contributed by atoms with Gasteiger partial charge in [0.25, 0.3) is 11.7 Å². The molecule has 1 aromatic heterocycles. The molecule has 32 heavy (non-hydrogen) atoms. The van der Waals surface area contributed by atoms with Gasteiger partial charge in [0.1, 0.15) is 17.3 Å². The molecule has 7 heteroatoms. The van der Waals surface area contributed by atoms with Crippen LogP contribution in [-0.4, -0.2) is 47.0 Å². The number of aliphatic hydroxyl groups excluding tert-OH is 1. The van der Waals surface area contributed by atoms with Crippen LogP contribution in [0.3, 0.4) is 0 Å². The number of aliphatic hydroxyl groups is 1. The third-order valence-electron chi connectivity index (χ3n) is 5.89. The Morgan fingerprint density at radius 1 is 1.09 bits per heavy atom. The Morgan fingerprint density at radius 2 is 1.84 bits per heavy atom. The van der Waals surface area contributed by atoms with Gasteiger partial charge < -0.3 is 24.0 Å². The summed E-state index contributed by atoms with van der Waals surface area (Å²) >= 11 is 0. The number of benzene rings is 2. The monoisotopic (exact) mass is 434 g/mol. The molecule has 1 aliphatic rings. The second-order valence-electron chi connectivity index (χ2n) is 7.77. The van der Waals surface area contributed by atoms with Gasteiger partial charge in [0.2, 0.25) is 0 Å². The van der Waals surface area contributed by atoms with Crippen LogP contribution in [0, 0.1) is 0 Å². The number of rotatable bonds is 6. The summed E-state index contributed by atoms with van der Waals surface area (Å²) in [6, 6.07) is 12.0. The fourth-order valence-electron chi connectivity index (χ4n) is 4.41. The topological polar surface area (TPSA) is 81.0 Å². The van der Waals surface area contributed by atoms with E-state index < -0.39 is 17.7 Å². The van der Waals surface area contributed by atoms with Crippen molar-refractivity contribution in [1.82, 2.24) is 9.47 Å². The van der Waals surface area contributed by atoms with Crippen LogP contribution in [0.25, 0.3) is 16.7 Å². The van der Waals surface area contributed by atoms with E-state index in [1.807, 2.05) is 49.0 Å². The number of likely N-dealkylation sites (tertiary alicyclic amines) is 1. The van der Waals surface area contributed by atoms with Gasteiger partial charge in [0.15, 0.2) is 0 Å². The predicted octanol–water partition coefficient (Wildman–Crippen LogP) is 4.03. The molecule has 1 saturated heterocycles. The highest BCUT2D eigenvalue weighted by molar-refractivity contribution is 6.46. The Labute approximate surface area is 186 Å². The van der Waals surface area contributed by atoms with E-state index >= 15 is 0 Å². The molecule has 0 saturated carbocycles. The number of carbonyl (C=O) groups excluding carboxylic acids is 2. The third kappa shape index (κ3) is 3.30. The van der Waals surface area contributed by atoms with E-state index in [1.54, 1.807) is 23.1 Å². The van der Waals surface area contributed by atoms with E-state index in [0.717, 1.165) is 16.5 Å². The average molecular weight is 434 g/mol. The second-order valence-corrected chi connectivity index (χ2v) is 7.77. The summed E-state index contributed by atoms with van der Waals surface area (Å²) in [7, 11) is 4.92. The van der Waals surface area contributed by atoms with E-state index in [0.29, 0.717) is 30.0 Å². The second kappa shape index (κ2) is 8.42. The lowest BCUT2D eigenvalue weighted by atomic mass is 9.94. The summed E-state index contributed by atoms with van der Waals surface area (Å²) < 4.78 is 12.7. The number of ketones is 1. The molecule has 1 N–H and O–H groups in total. The van der Waals surface area contributed by atoms with Gasteiger partial charge in [-0.1, -0.05) is 25.1 Å². The number of carbonyl (C=O) groups is 2. The van der Waals surface area contributed by atoms with Crippen LogP contribution in [0.1, 0.15) is 30.5 Å². The van der Waals surface area contributed by atoms with Crippen molar-refractivity contribution in [3.8, 4) is 11.5 Å². The first-order valence-corrected chi connectivity index (χ1v) is 10.5.